The lowest BCUT2D eigenvalue weighted by atomic mass is 10.1. The van der Waals surface area contributed by atoms with Gasteiger partial charge in [0, 0.05) is 44.5 Å². The molecule has 1 aromatic carbocycles. The molecule has 7 heteroatoms. The summed E-state index contributed by atoms with van der Waals surface area (Å²) in [6.07, 6.45) is 7.18. The molecule has 0 radical (unpaired) electrons. The van der Waals surface area contributed by atoms with Crippen molar-refractivity contribution in [1.29, 1.82) is 0 Å². The average molecular weight is 540 g/mol. The van der Waals surface area contributed by atoms with E-state index in [9.17, 15) is 4.79 Å². The first-order chi connectivity index (χ1) is 14.6. The van der Waals surface area contributed by atoms with Gasteiger partial charge in [0.2, 0.25) is 5.56 Å². The molecule has 0 spiro atoms. The summed E-state index contributed by atoms with van der Waals surface area (Å²) >= 11 is 0. The molecule has 172 valence electrons. The van der Waals surface area contributed by atoms with Gasteiger partial charge in [-0.2, -0.15) is 0 Å². The number of hydrogen-bond acceptors (Lipinski definition) is 3. The van der Waals surface area contributed by atoms with Crippen LogP contribution in [0.2, 0.25) is 0 Å². The van der Waals surface area contributed by atoms with Crippen LogP contribution in [0.1, 0.15) is 50.2 Å². The van der Waals surface area contributed by atoms with Gasteiger partial charge in [-0.05, 0) is 43.9 Å². The van der Waals surface area contributed by atoms with Crippen LogP contribution in [0.15, 0.2) is 52.4 Å². The van der Waals surface area contributed by atoms with E-state index in [0.717, 1.165) is 56.2 Å². The SMILES string of the molecule is CCCCCOc1cc(C)ccc1CNC(=NC)NCCCCn1ccccc1=O.I. The molecule has 2 aromatic rings. The number of ether oxygens (including phenoxy) is 1. The quantitative estimate of drug-likeness (QED) is 0.180. The summed E-state index contributed by atoms with van der Waals surface area (Å²) in [5.41, 5.74) is 2.38. The van der Waals surface area contributed by atoms with Crippen LogP contribution in [0.5, 0.6) is 5.75 Å². The number of guanidine groups is 1. The maximum absolute atomic E-state index is 11.7. The Labute approximate surface area is 203 Å². The molecule has 0 saturated carbocycles. The third-order valence-corrected chi connectivity index (χ3v) is 4.92. The molecule has 0 aliphatic heterocycles. The number of pyridine rings is 1. The summed E-state index contributed by atoms with van der Waals surface area (Å²) in [6.45, 7) is 7.22. The second kappa shape index (κ2) is 15.7. The number of halogens is 1. The van der Waals surface area contributed by atoms with Gasteiger partial charge in [-0.15, -0.1) is 24.0 Å². The van der Waals surface area contributed by atoms with E-state index in [1.807, 2.05) is 12.3 Å². The molecule has 2 N–H and O–H groups in total. The van der Waals surface area contributed by atoms with E-state index in [4.69, 9.17) is 4.74 Å². The zero-order valence-electron chi connectivity index (χ0n) is 19.0. The van der Waals surface area contributed by atoms with Crippen LogP contribution in [0.4, 0.5) is 0 Å². The first kappa shape index (κ1) is 27.0. The minimum Gasteiger partial charge on any atom is -0.493 e. The Balaban J connectivity index is 0.00000480. The van der Waals surface area contributed by atoms with Crippen LogP contribution < -0.4 is 20.9 Å². The van der Waals surface area contributed by atoms with Gasteiger partial charge in [0.25, 0.3) is 0 Å². The van der Waals surface area contributed by atoms with E-state index < -0.39 is 0 Å². The van der Waals surface area contributed by atoms with Gasteiger partial charge in [0.15, 0.2) is 5.96 Å². The van der Waals surface area contributed by atoms with E-state index in [1.54, 1.807) is 23.7 Å². The normalized spacial score (nSPS) is 11.0. The summed E-state index contributed by atoms with van der Waals surface area (Å²) in [7, 11) is 1.77. The number of aryl methyl sites for hydroxylation is 2. The zero-order valence-corrected chi connectivity index (χ0v) is 21.4. The first-order valence-corrected chi connectivity index (χ1v) is 11.0. The van der Waals surface area contributed by atoms with Gasteiger partial charge >= 0.3 is 0 Å². The highest BCUT2D eigenvalue weighted by atomic mass is 127. The van der Waals surface area contributed by atoms with Crippen molar-refractivity contribution in [3.63, 3.8) is 0 Å². The van der Waals surface area contributed by atoms with Crippen molar-refractivity contribution in [3.05, 3.63) is 64.1 Å². The van der Waals surface area contributed by atoms with Gasteiger partial charge in [0.1, 0.15) is 5.75 Å². The highest BCUT2D eigenvalue weighted by Gasteiger charge is 2.06. The van der Waals surface area contributed by atoms with E-state index >= 15 is 0 Å². The molecule has 0 aliphatic carbocycles. The van der Waals surface area contributed by atoms with Crippen molar-refractivity contribution >= 4 is 29.9 Å². The molecular weight excluding hydrogens is 503 g/mol. The van der Waals surface area contributed by atoms with Crippen LogP contribution in [-0.4, -0.2) is 30.7 Å². The second-order valence-electron chi connectivity index (χ2n) is 7.46. The van der Waals surface area contributed by atoms with Crippen LogP contribution in [0.3, 0.4) is 0 Å². The van der Waals surface area contributed by atoms with E-state index in [0.29, 0.717) is 6.54 Å². The summed E-state index contributed by atoms with van der Waals surface area (Å²) in [5, 5.41) is 6.71. The van der Waals surface area contributed by atoms with E-state index in [1.165, 1.54) is 18.4 Å². The molecule has 1 heterocycles. The van der Waals surface area contributed by atoms with Gasteiger partial charge in [-0.3, -0.25) is 9.79 Å². The molecule has 0 atom stereocenters. The lowest BCUT2D eigenvalue weighted by Gasteiger charge is -2.15. The molecule has 0 unspecified atom stereocenters. The Morgan fingerprint density at radius 1 is 1.10 bits per heavy atom. The van der Waals surface area contributed by atoms with Crippen LogP contribution in [0, 0.1) is 6.92 Å². The Morgan fingerprint density at radius 2 is 1.94 bits per heavy atom. The third-order valence-electron chi connectivity index (χ3n) is 4.92. The smallest absolute Gasteiger partial charge is 0.250 e. The van der Waals surface area contributed by atoms with Crippen molar-refractivity contribution in [1.82, 2.24) is 15.2 Å². The van der Waals surface area contributed by atoms with Crippen molar-refractivity contribution < 1.29 is 4.74 Å². The van der Waals surface area contributed by atoms with Gasteiger partial charge in [-0.25, -0.2) is 0 Å². The van der Waals surface area contributed by atoms with E-state index in [-0.39, 0.29) is 29.5 Å². The fourth-order valence-corrected chi connectivity index (χ4v) is 3.14. The average Bonchev–Trinajstić information content (AvgIpc) is 2.75. The Hall–Kier alpha value is -2.03. The molecule has 1 aromatic heterocycles. The first-order valence-electron chi connectivity index (χ1n) is 11.0. The number of hydrogen-bond donors (Lipinski definition) is 2. The number of aromatic nitrogens is 1. The summed E-state index contributed by atoms with van der Waals surface area (Å²) in [6, 6.07) is 11.6. The molecule has 0 aliphatic rings. The minimum absolute atomic E-state index is 0. The van der Waals surface area contributed by atoms with E-state index in [2.05, 4.69) is 47.7 Å². The van der Waals surface area contributed by atoms with Crippen molar-refractivity contribution in [3.8, 4) is 5.75 Å². The zero-order chi connectivity index (χ0) is 21.6. The standard InChI is InChI=1S/C24H36N4O2.HI/c1-4-5-10-17-30-22-18-20(2)12-13-21(22)19-27-24(25-3)26-14-7-9-16-28-15-8-6-11-23(28)29;/h6,8,11-13,15,18H,4-5,7,9-10,14,16-17,19H2,1-3H3,(H2,25,26,27);1H. The molecule has 0 saturated heterocycles. The molecular formula is C24H37IN4O2. The maximum atomic E-state index is 11.7. The predicted molar refractivity (Wildman–Crippen MR) is 140 cm³/mol. The fraction of sp³-hybridized carbons (Fsp3) is 0.500. The number of benzene rings is 1. The highest BCUT2D eigenvalue weighted by molar-refractivity contribution is 14.0. The number of aliphatic imine (C=N–C) groups is 1. The Bertz CT molecular complexity index is 851. The van der Waals surface area contributed by atoms with Crippen molar-refractivity contribution in [2.75, 3.05) is 20.2 Å². The summed E-state index contributed by atoms with van der Waals surface area (Å²) in [5.74, 6) is 1.71. The maximum Gasteiger partial charge on any atom is 0.250 e. The summed E-state index contributed by atoms with van der Waals surface area (Å²) in [4.78, 5) is 16.0. The Morgan fingerprint density at radius 3 is 2.68 bits per heavy atom. The third kappa shape index (κ3) is 10.2. The number of nitrogens with one attached hydrogen (secondary N) is 2. The molecule has 0 amide bonds. The number of rotatable bonds is 12. The largest absolute Gasteiger partial charge is 0.493 e. The minimum atomic E-state index is 0. The highest BCUT2D eigenvalue weighted by Crippen LogP contribution is 2.20. The van der Waals surface area contributed by atoms with Crippen LogP contribution in [-0.2, 0) is 13.1 Å². The number of nitrogens with zero attached hydrogens (tertiary/aromatic N) is 2. The molecule has 6 nitrogen and oxygen atoms in total. The Kier molecular flexibility index (Phi) is 13.7. The van der Waals surface area contributed by atoms with Gasteiger partial charge in [-0.1, -0.05) is 38.0 Å². The molecule has 0 bridgehead atoms. The van der Waals surface area contributed by atoms with Crippen molar-refractivity contribution in [2.24, 2.45) is 4.99 Å². The topological polar surface area (TPSA) is 67.7 Å². The fourth-order valence-electron chi connectivity index (χ4n) is 3.14. The van der Waals surface area contributed by atoms with Gasteiger partial charge < -0.3 is 19.9 Å². The van der Waals surface area contributed by atoms with Gasteiger partial charge in [0.05, 0.1) is 6.61 Å². The summed E-state index contributed by atoms with van der Waals surface area (Å²) < 4.78 is 7.77. The molecule has 31 heavy (non-hydrogen) atoms. The van der Waals surface area contributed by atoms with Crippen LogP contribution in [0.25, 0.3) is 0 Å². The van der Waals surface area contributed by atoms with Crippen LogP contribution >= 0.6 is 24.0 Å². The second-order valence-corrected chi connectivity index (χ2v) is 7.46. The lowest BCUT2D eigenvalue weighted by molar-refractivity contribution is 0.303. The predicted octanol–water partition coefficient (Wildman–Crippen LogP) is 4.49. The monoisotopic (exact) mass is 540 g/mol. The molecule has 0 fully saturated rings. The number of unbranched alkanes of at least 4 members (excludes halogenated alkanes) is 3. The molecule has 2 rings (SSSR count). The van der Waals surface area contributed by atoms with Crippen molar-refractivity contribution in [2.45, 2.75) is 59.0 Å². The lowest BCUT2D eigenvalue weighted by Crippen LogP contribution is -2.37.